The molecule has 0 aliphatic heterocycles. The first-order valence-electron chi connectivity index (χ1n) is 5.90. The van der Waals surface area contributed by atoms with E-state index in [9.17, 15) is 8.42 Å². The quantitative estimate of drug-likeness (QED) is 0.937. The van der Waals surface area contributed by atoms with Gasteiger partial charge < -0.3 is 0 Å². The van der Waals surface area contributed by atoms with Crippen molar-refractivity contribution in [2.75, 3.05) is 4.72 Å². The smallest absolute Gasteiger partial charge is 0.261 e. The van der Waals surface area contributed by atoms with Gasteiger partial charge in [-0.3, -0.25) is 9.71 Å². The molecule has 5 heteroatoms. The summed E-state index contributed by atoms with van der Waals surface area (Å²) < 4.78 is 27.0. The zero-order valence-corrected chi connectivity index (χ0v) is 12.0. The number of nitrogens with one attached hydrogen (secondary N) is 1. The maximum absolute atomic E-state index is 12.2. The fourth-order valence-corrected chi connectivity index (χ4v) is 2.82. The molecule has 1 aromatic carbocycles. The Morgan fingerprint density at radius 1 is 1.00 bits per heavy atom. The molecular weight excluding hydrogens is 260 g/mol. The van der Waals surface area contributed by atoms with Gasteiger partial charge in [-0.1, -0.05) is 6.07 Å². The van der Waals surface area contributed by atoms with Crippen LogP contribution in [0.25, 0.3) is 0 Å². The summed E-state index contributed by atoms with van der Waals surface area (Å²) in [6.07, 6.45) is 3.17. The van der Waals surface area contributed by atoms with Gasteiger partial charge in [0.2, 0.25) is 0 Å². The number of pyridine rings is 1. The zero-order valence-electron chi connectivity index (χ0n) is 11.1. The summed E-state index contributed by atoms with van der Waals surface area (Å²) in [4.78, 5) is 4.23. The highest BCUT2D eigenvalue weighted by Gasteiger charge is 2.14. The van der Waals surface area contributed by atoms with Crippen LogP contribution < -0.4 is 4.72 Å². The lowest BCUT2D eigenvalue weighted by Gasteiger charge is -2.09. The van der Waals surface area contributed by atoms with E-state index in [1.807, 2.05) is 20.8 Å². The van der Waals surface area contributed by atoms with Gasteiger partial charge in [-0.2, -0.15) is 0 Å². The van der Waals surface area contributed by atoms with Crippen molar-refractivity contribution in [2.45, 2.75) is 25.7 Å². The molecule has 0 bridgehead atoms. The van der Waals surface area contributed by atoms with Crippen molar-refractivity contribution in [3.63, 3.8) is 0 Å². The minimum atomic E-state index is -3.56. The summed E-state index contributed by atoms with van der Waals surface area (Å²) in [6.45, 7) is 5.70. The van der Waals surface area contributed by atoms with E-state index in [-0.39, 0.29) is 4.90 Å². The summed E-state index contributed by atoms with van der Waals surface area (Å²) in [5.41, 5.74) is 3.39. The third-order valence-corrected chi connectivity index (χ3v) is 4.29. The molecule has 0 amide bonds. The third-order valence-electron chi connectivity index (χ3n) is 2.92. The highest BCUT2D eigenvalue weighted by Crippen LogP contribution is 2.18. The Labute approximate surface area is 113 Å². The molecule has 100 valence electrons. The Balaban J connectivity index is 2.35. The molecule has 0 aliphatic carbocycles. The van der Waals surface area contributed by atoms with Crippen LogP contribution in [0, 0.1) is 20.8 Å². The van der Waals surface area contributed by atoms with Crippen molar-refractivity contribution in [3.05, 3.63) is 53.3 Å². The fraction of sp³-hybridized carbons (Fsp3) is 0.214. The summed E-state index contributed by atoms with van der Waals surface area (Å²) >= 11 is 0. The van der Waals surface area contributed by atoms with Gasteiger partial charge in [-0.25, -0.2) is 8.42 Å². The second-order valence-corrected chi connectivity index (χ2v) is 6.28. The highest BCUT2D eigenvalue weighted by molar-refractivity contribution is 7.92. The van der Waals surface area contributed by atoms with Gasteiger partial charge >= 0.3 is 0 Å². The van der Waals surface area contributed by atoms with Crippen LogP contribution in [0.3, 0.4) is 0 Å². The summed E-state index contributed by atoms with van der Waals surface area (Å²) in [5, 5.41) is 0. The van der Waals surface area contributed by atoms with Crippen LogP contribution in [0.2, 0.25) is 0 Å². The average molecular weight is 276 g/mol. The van der Waals surface area contributed by atoms with Gasteiger partial charge in [0.1, 0.15) is 0 Å². The molecule has 2 rings (SSSR count). The molecule has 0 fully saturated rings. The SMILES string of the molecule is Cc1cncc(NS(=O)(=O)c2ccc(C)c(C)c2)c1. The van der Waals surface area contributed by atoms with Crippen LogP contribution in [0.15, 0.2) is 41.6 Å². The molecule has 19 heavy (non-hydrogen) atoms. The van der Waals surface area contributed by atoms with Crippen LogP contribution >= 0.6 is 0 Å². The number of aryl methyl sites for hydroxylation is 3. The molecule has 0 unspecified atom stereocenters. The van der Waals surface area contributed by atoms with Crippen LogP contribution in [-0.4, -0.2) is 13.4 Å². The van der Waals surface area contributed by atoms with E-state index in [1.165, 1.54) is 6.20 Å². The van der Waals surface area contributed by atoms with Gasteiger partial charge in [0.05, 0.1) is 16.8 Å². The summed E-state index contributed by atoms with van der Waals surface area (Å²) in [7, 11) is -3.56. The van der Waals surface area contributed by atoms with Gasteiger partial charge in [-0.05, 0) is 55.7 Å². The van der Waals surface area contributed by atoms with E-state index in [0.29, 0.717) is 5.69 Å². The van der Waals surface area contributed by atoms with Crippen molar-refractivity contribution < 1.29 is 8.42 Å². The van der Waals surface area contributed by atoms with Crippen molar-refractivity contribution in [1.29, 1.82) is 0 Å². The third kappa shape index (κ3) is 3.12. The lowest BCUT2D eigenvalue weighted by molar-refractivity contribution is 0.601. The Hall–Kier alpha value is -1.88. The molecular formula is C14H16N2O2S. The van der Waals surface area contributed by atoms with Gasteiger partial charge in [0, 0.05) is 6.20 Å². The Kier molecular flexibility index (Phi) is 3.57. The molecule has 1 N–H and O–H groups in total. The second kappa shape index (κ2) is 5.01. The normalized spacial score (nSPS) is 11.3. The topological polar surface area (TPSA) is 59.1 Å². The van der Waals surface area contributed by atoms with Gasteiger partial charge in [0.15, 0.2) is 0 Å². The number of hydrogen-bond acceptors (Lipinski definition) is 3. The molecule has 0 atom stereocenters. The monoisotopic (exact) mass is 276 g/mol. The molecule has 1 heterocycles. The van der Waals surface area contributed by atoms with Crippen molar-refractivity contribution in [1.82, 2.24) is 4.98 Å². The lowest BCUT2D eigenvalue weighted by Crippen LogP contribution is -2.13. The number of rotatable bonds is 3. The summed E-state index contributed by atoms with van der Waals surface area (Å²) in [5.74, 6) is 0. The predicted octanol–water partition coefficient (Wildman–Crippen LogP) is 2.81. The van der Waals surface area contributed by atoms with Crippen LogP contribution in [0.4, 0.5) is 5.69 Å². The average Bonchev–Trinajstić information content (AvgIpc) is 2.32. The minimum Gasteiger partial charge on any atom is -0.278 e. The first kappa shape index (κ1) is 13.5. The first-order valence-corrected chi connectivity index (χ1v) is 7.38. The van der Waals surface area contributed by atoms with E-state index in [0.717, 1.165) is 16.7 Å². The number of nitrogens with zero attached hydrogens (tertiary/aromatic N) is 1. The molecule has 0 spiro atoms. The van der Waals surface area contributed by atoms with Crippen molar-refractivity contribution >= 4 is 15.7 Å². The van der Waals surface area contributed by atoms with Gasteiger partial charge in [-0.15, -0.1) is 0 Å². The zero-order chi connectivity index (χ0) is 14.0. The van der Waals surface area contributed by atoms with E-state index < -0.39 is 10.0 Å². The molecule has 1 aromatic heterocycles. The maximum atomic E-state index is 12.2. The number of anilines is 1. The number of aromatic nitrogens is 1. The Morgan fingerprint density at radius 3 is 2.37 bits per heavy atom. The highest BCUT2D eigenvalue weighted by atomic mass is 32.2. The first-order chi connectivity index (χ1) is 8.88. The predicted molar refractivity (Wildman–Crippen MR) is 75.7 cm³/mol. The Bertz CT molecular complexity index is 709. The molecule has 0 radical (unpaired) electrons. The molecule has 0 saturated heterocycles. The lowest BCUT2D eigenvalue weighted by atomic mass is 10.1. The van der Waals surface area contributed by atoms with E-state index >= 15 is 0 Å². The van der Waals surface area contributed by atoms with E-state index in [1.54, 1.807) is 30.5 Å². The van der Waals surface area contributed by atoms with Crippen LogP contribution in [-0.2, 0) is 10.0 Å². The Morgan fingerprint density at radius 2 is 1.74 bits per heavy atom. The van der Waals surface area contributed by atoms with E-state index in [2.05, 4.69) is 9.71 Å². The number of hydrogen-bond donors (Lipinski definition) is 1. The minimum absolute atomic E-state index is 0.261. The van der Waals surface area contributed by atoms with Crippen molar-refractivity contribution in [2.24, 2.45) is 0 Å². The standard InChI is InChI=1S/C14H16N2O2S/c1-10-6-13(9-15-8-10)16-19(17,18)14-5-4-11(2)12(3)7-14/h4-9,16H,1-3H3. The fourth-order valence-electron chi connectivity index (χ4n) is 1.71. The number of sulfonamides is 1. The largest absolute Gasteiger partial charge is 0.278 e. The second-order valence-electron chi connectivity index (χ2n) is 4.60. The van der Waals surface area contributed by atoms with Crippen LogP contribution in [0.5, 0.6) is 0 Å². The summed E-state index contributed by atoms with van der Waals surface area (Å²) in [6, 6.07) is 6.82. The van der Waals surface area contributed by atoms with E-state index in [4.69, 9.17) is 0 Å². The molecule has 0 aliphatic rings. The number of benzene rings is 1. The molecule has 4 nitrogen and oxygen atoms in total. The van der Waals surface area contributed by atoms with Gasteiger partial charge in [0.25, 0.3) is 10.0 Å². The maximum Gasteiger partial charge on any atom is 0.261 e. The molecule has 2 aromatic rings. The molecule has 0 saturated carbocycles. The van der Waals surface area contributed by atoms with Crippen LogP contribution in [0.1, 0.15) is 16.7 Å². The van der Waals surface area contributed by atoms with Crippen molar-refractivity contribution in [3.8, 4) is 0 Å².